The van der Waals surface area contributed by atoms with Gasteiger partial charge in [-0.3, -0.25) is 14.2 Å². The number of carbonyl (C=O) groups is 1. The monoisotopic (exact) mass is 406 g/mol. The van der Waals surface area contributed by atoms with E-state index in [4.69, 9.17) is 5.11 Å². The maximum Gasteiger partial charge on any atom is 0.313 e. The summed E-state index contributed by atoms with van der Waals surface area (Å²) in [5.41, 5.74) is 0.179. The normalized spacial score (nSPS) is 10.5. The van der Waals surface area contributed by atoms with E-state index in [-0.39, 0.29) is 16.7 Å². The SMILES string of the molecule is O=C(O)CSc1nc(=O)ccn1-c1ccc(F)cc1I. The fraction of sp³-hybridized carbons (Fsp3) is 0.0833. The summed E-state index contributed by atoms with van der Waals surface area (Å²) in [5, 5.41) is 8.96. The molecule has 2 aromatic rings. The molecule has 0 bridgehead atoms. The van der Waals surface area contributed by atoms with Gasteiger partial charge in [0.2, 0.25) is 0 Å². The second-order valence-corrected chi connectivity index (χ2v) is 5.80. The Morgan fingerprint density at radius 2 is 2.20 bits per heavy atom. The number of nitrogens with zero attached hydrogens (tertiary/aromatic N) is 2. The van der Waals surface area contributed by atoms with Gasteiger partial charge in [-0.25, -0.2) is 4.39 Å². The van der Waals surface area contributed by atoms with Crippen molar-refractivity contribution in [3.8, 4) is 5.69 Å². The lowest BCUT2D eigenvalue weighted by atomic mass is 10.3. The van der Waals surface area contributed by atoms with Crippen LogP contribution >= 0.6 is 34.4 Å². The zero-order chi connectivity index (χ0) is 14.7. The van der Waals surface area contributed by atoms with Crippen molar-refractivity contribution in [1.29, 1.82) is 0 Å². The van der Waals surface area contributed by atoms with Crippen LogP contribution in [0.15, 0.2) is 40.4 Å². The number of thioether (sulfide) groups is 1. The first-order chi connectivity index (χ1) is 9.47. The maximum atomic E-state index is 13.1. The molecule has 1 heterocycles. The molecule has 0 saturated carbocycles. The lowest BCUT2D eigenvalue weighted by Crippen LogP contribution is -2.14. The predicted octanol–water partition coefficient (Wildman–Crippen LogP) is 2.15. The summed E-state index contributed by atoms with van der Waals surface area (Å²) >= 11 is 2.90. The van der Waals surface area contributed by atoms with E-state index in [1.165, 1.54) is 24.4 Å². The van der Waals surface area contributed by atoms with Gasteiger partial charge < -0.3 is 5.11 Å². The molecule has 8 heteroatoms. The third-order valence-electron chi connectivity index (χ3n) is 2.27. The van der Waals surface area contributed by atoms with Crippen molar-refractivity contribution >= 4 is 40.3 Å². The van der Waals surface area contributed by atoms with Gasteiger partial charge in [0.25, 0.3) is 5.56 Å². The van der Waals surface area contributed by atoms with Crippen molar-refractivity contribution in [2.24, 2.45) is 0 Å². The average Bonchev–Trinajstić information content (AvgIpc) is 2.37. The molecule has 0 aliphatic carbocycles. The van der Waals surface area contributed by atoms with E-state index >= 15 is 0 Å². The molecule has 0 radical (unpaired) electrons. The molecule has 2 rings (SSSR count). The summed E-state index contributed by atoms with van der Waals surface area (Å²) in [4.78, 5) is 25.7. The Balaban J connectivity index is 2.49. The number of carboxylic acids is 1. The van der Waals surface area contributed by atoms with Crippen LogP contribution in [0.3, 0.4) is 0 Å². The standard InChI is InChI=1S/C12H8FIN2O3S/c13-7-1-2-9(8(14)5-7)16-4-3-10(17)15-12(16)20-6-11(18)19/h1-5H,6H2,(H,18,19). The third-order valence-corrected chi connectivity index (χ3v) is 4.07. The Hall–Kier alpha value is -1.42. The first kappa shape index (κ1) is 15.0. The van der Waals surface area contributed by atoms with E-state index < -0.39 is 11.5 Å². The highest BCUT2D eigenvalue weighted by Crippen LogP contribution is 2.23. The van der Waals surface area contributed by atoms with Crippen LogP contribution < -0.4 is 5.56 Å². The van der Waals surface area contributed by atoms with Crippen molar-refractivity contribution in [2.45, 2.75) is 5.16 Å². The highest BCUT2D eigenvalue weighted by atomic mass is 127. The third kappa shape index (κ3) is 3.57. The van der Waals surface area contributed by atoms with Gasteiger partial charge in [0.15, 0.2) is 5.16 Å². The number of aromatic nitrogens is 2. The van der Waals surface area contributed by atoms with Gasteiger partial charge in [-0.15, -0.1) is 0 Å². The molecule has 0 spiro atoms. The molecule has 0 aliphatic heterocycles. The lowest BCUT2D eigenvalue weighted by Gasteiger charge is -2.12. The lowest BCUT2D eigenvalue weighted by molar-refractivity contribution is -0.133. The molecule has 0 fully saturated rings. The summed E-state index contributed by atoms with van der Waals surface area (Å²) in [6, 6.07) is 5.46. The predicted molar refractivity (Wildman–Crippen MR) is 80.9 cm³/mol. The van der Waals surface area contributed by atoms with Gasteiger partial charge in [0.05, 0.1) is 11.4 Å². The van der Waals surface area contributed by atoms with Crippen LogP contribution in [-0.2, 0) is 4.79 Å². The van der Waals surface area contributed by atoms with Crippen molar-refractivity contribution in [2.75, 3.05) is 5.75 Å². The average molecular weight is 406 g/mol. The Morgan fingerprint density at radius 3 is 2.85 bits per heavy atom. The van der Waals surface area contributed by atoms with Crippen molar-refractivity contribution in [3.63, 3.8) is 0 Å². The fourth-order valence-corrected chi connectivity index (χ4v) is 2.92. The number of carboxylic acid groups (broad SMARTS) is 1. The Morgan fingerprint density at radius 1 is 1.45 bits per heavy atom. The number of halogens is 2. The Bertz CT molecular complexity index is 720. The van der Waals surface area contributed by atoms with Crippen LogP contribution in [0.5, 0.6) is 0 Å². The molecule has 0 amide bonds. The smallest absolute Gasteiger partial charge is 0.313 e. The first-order valence-corrected chi connectivity index (χ1v) is 7.43. The summed E-state index contributed by atoms with van der Waals surface area (Å²) in [6.45, 7) is 0. The van der Waals surface area contributed by atoms with Gasteiger partial charge in [0.1, 0.15) is 5.82 Å². The van der Waals surface area contributed by atoms with E-state index in [0.717, 1.165) is 11.8 Å². The first-order valence-electron chi connectivity index (χ1n) is 5.37. The van der Waals surface area contributed by atoms with Crippen LogP contribution in [0.25, 0.3) is 5.69 Å². The molecule has 5 nitrogen and oxygen atoms in total. The summed E-state index contributed by atoms with van der Waals surface area (Å²) < 4.78 is 15.3. The quantitative estimate of drug-likeness (QED) is 0.479. The Labute approximate surface area is 131 Å². The van der Waals surface area contributed by atoms with Crippen molar-refractivity contribution < 1.29 is 14.3 Å². The molecule has 104 valence electrons. The minimum Gasteiger partial charge on any atom is -0.481 e. The van der Waals surface area contributed by atoms with Gasteiger partial charge in [-0.05, 0) is 40.8 Å². The van der Waals surface area contributed by atoms with E-state index in [9.17, 15) is 14.0 Å². The number of aliphatic carboxylic acids is 1. The summed E-state index contributed by atoms with van der Waals surface area (Å²) in [6.07, 6.45) is 1.49. The highest BCUT2D eigenvalue weighted by molar-refractivity contribution is 14.1. The van der Waals surface area contributed by atoms with E-state index in [0.29, 0.717) is 9.26 Å². The second kappa shape index (κ2) is 6.35. The number of benzene rings is 1. The fourth-order valence-electron chi connectivity index (χ4n) is 1.48. The molecular formula is C12H8FIN2O3S. The van der Waals surface area contributed by atoms with Crippen LogP contribution in [0, 0.1) is 9.39 Å². The largest absolute Gasteiger partial charge is 0.481 e. The second-order valence-electron chi connectivity index (χ2n) is 3.70. The zero-order valence-corrected chi connectivity index (χ0v) is 12.9. The van der Waals surface area contributed by atoms with E-state index in [2.05, 4.69) is 4.98 Å². The van der Waals surface area contributed by atoms with Crippen molar-refractivity contribution in [1.82, 2.24) is 9.55 Å². The number of rotatable bonds is 4. The topological polar surface area (TPSA) is 72.2 Å². The van der Waals surface area contributed by atoms with Crippen molar-refractivity contribution in [3.05, 3.63) is 50.2 Å². The Kier molecular flexibility index (Phi) is 4.76. The molecule has 0 unspecified atom stereocenters. The zero-order valence-electron chi connectivity index (χ0n) is 9.92. The molecule has 1 N–H and O–H groups in total. The molecule has 20 heavy (non-hydrogen) atoms. The summed E-state index contributed by atoms with van der Waals surface area (Å²) in [7, 11) is 0. The summed E-state index contributed by atoms with van der Waals surface area (Å²) in [5.74, 6) is -1.59. The van der Waals surface area contributed by atoms with Gasteiger partial charge in [-0.2, -0.15) is 4.98 Å². The number of hydrogen-bond donors (Lipinski definition) is 1. The highest BCUT2D eigenvalue weighted by Gasteiger charge is 2.11. The minimum atomic E-state index is -1.01. The maximum absolute atomic E-state index is 13.1. The molecule has 0 saturated heterocycles. The van der Waals surface area contributed by atoms with Crippen LogP contribution in [-0.4, -0.2) is 26.4 Å². The van der Waals surface area contributed by atoms with Crippen LogP contribution in [0.2, 0.25) is 0 Å². The van der Waals surface area contributed by atoms with E-state index in [1.54, 1.807) is 10.6 Å². The minimum absolute atomic E-state index is 0.214. The molecule has 1 aromatic heterocycles. The number of hydrogen-bond acceptors (Lipinski definition) is 4. The van der Waals surface area contributed by atoms with Crippen LogP contribution in [0.1, 0.15) is 0 Å². The van der Waals surface area contributed by atoms with Gasteiger partial charge >= 0.3 is 5.97 Å². The molecule has 0 aliphatic rings. The molecule has 0 atom stereocenters. The molecule has 1 aromatic carbocycles. The molecular weight excluding hydrogens is 398 g/mol. The van der Waals surface area contributed by atoms with E-state index in [1.807, 2.05) is 22.6 Å². The van der Waals surface area contributed by atoms with Crippen LogP contribution in [0.4, 0.5) is 4.39 Å². The van der Waals surface area contributed by atoms with Gasteiger partial charge in [0, 0.05) is 15.8 Å². The van der Waals surface area contributed by atoms with Gasteiger partial charge in [-0.1, -0.05) is 11.8 Å².